The van der Waals surface area contributed by atoms with E-state index in [-0.39, 0.29) is 6.42 Å². The van der Waals surface area contributed by atoms with Crippen LogP contribution in [0.25, 0.3) is 0 Å². The smallest absolute Gasteiger partial charge is 0.254 e. The van der Waals surface area contributed by atoms with Crippen LogP contribution in [0.4, 0.5) is 0 Å². The molecule has 4 nitrogen and oxygen atoms in total. The number of carbonyl (C=O) groups is 1. The number of amides is 1. The fraction of sp³-hybridized carbons (Fsp3) is 0.286. The van der Waals surface area contributed by atoms with Crippen LogP contribution in [0.2, 0.25) is 0 Å². The summed E-state index contributed by atoms with van der Waals surface area (Å²) in [5.74, 6) is -0.395. The second-order valence-electron chi connectivity index (χ2n) is 1.67. The maximum Gasteiger partial charge on any atom is 0.254 e. The van der Waals surface area contributed by atoms with E-state index in [4.69, 9.17) is 5.26 Å². The van der Waals surface area contributed by atoms with Gasteiger partial charge in [-0.1, -0.05) is 6.08 Å². The van der Waals surface area contributed by atoms with Crippen molar-refractivity contribution < 1.29 is 4.79 Å². The summed E-state index contributed by atoms with van der Waals surface area (Å²) in [6.07, 6.45) is 4.73. The largest absolute Gasteiger partial charge is 0.272 e. The fourth-order valence-corrected chi connectivity index (χ4v) is 0.350. The first-order valence-corrected chi connectivity index (χ1v) is 3.11. The van der Waals surface area contributed by atoms with Gasteiger partial charge in [0.15, 0.2) is 0 Å². The number of rotatable bonds is 3. The Hall–Kier alpha value is -1.63. The van der Waals surface area contributed by atoms with E-state index in [2.05, 4.69) is 10.5 Å². The van der Waals surface area contributed by atoms with Crippen molar-refractivity contribution in [3.63, 3.8) is 0 Å². The summed E-state index contributed by atoms with van der Waals surface area (Å²) in [5, 5.41) is 11.6. The maximum absolute atomic E-state index is 10.5. The molecule has 0 saturated carbocycles. The Balaban J connectivity index is 3.55. The highest BCUT2D eigenvalue weighted by molar-refractivity contribution is 5.79. The Labute approximate surface area is 65.2 Å². The van der Waals surface area contributed by atoms with Crippen LogP contribution in [0.5, 0.6) is 0 Å². The number of carbonyl (C=O) groups excluding carboxylic acids is 1. The molecule has 0 aliphatic heterocycles. The predicted molar refractivity (Wildman–Crippen MR) is 41.7 cm³/mol. The maximum atomic E-state index is 10.5. The molecule has 0 radical (unpaired) electrons. The topological polar surface area (TPSA) is 65.2 Å². The molecule has 0 aromatic carbocycles. The van der Waals surface area contributed by atoms with Crippen LogP contribution >= 0.6 is 0 Å². The summed E-state index contributed by atoms with van der Waals surface area (Å²) in [6.45, 7) is 1.84. The van der Waals surface area contributed by atoms with Gasteiger partial charge < -0.3 is 0 Å². The lowest BCUT2D eigenvalue weighted by atomic mass is 10.5. The summed E-state index contributed by atoms with van der Waals surface area (Å²) >= 11 is 0. The summed E-state index contributed by atoms with van der Waals surface area (Å²) in [5.41, 5.74) is 2.18. The average Bonchev–Trinajstić information content (AvgIpc) is 1.99. The van der Waals surface area contributed by atoms with Crippen molar-refractivity contribution in [2.24, 2.45) is 5.10 Å². The van der Waals surface area contributed by atoms with Gasteiger partial charge in [-0.25, -0.2) is 5.43 Å². The summed E-state index contributed by atoms with van der Waals surface area (Å²) in [6, 6.07) is 1.70. The quantitative estimate of drug-likeness (QED) is 0.473. The van der Waals surface area contributed by atoms with E-state index >= 15 is 0 Å². The van der Waals surface area contributed by atoms with Gasteiger partial charge in [0, 0.05) is 6.21 Å². The summed E-state index contributed by atoms with van der Waals surface area (Å²) in [7, 11) is 0. The second kappa shape index (κ2) is 6.49. The molecule has 1 amide bonds. The first-order valence-electron chi connectivity index (χ1n) is 3.11. The van der Waals surface area contributed by atoms with Crippen molar-refractivity contribution in [1.82, 2.24) is 5.43 Å². The number of nitrogens with one attached hydrogen (secondary N) is 1. The molecule has 0 rings (SSSR count). The van der Waals surface area contributed by atoms with E-state index in [0.29, 0.717) is 0 Å². The van der Waals surface area contributed by atoms with Crippen molar-refractivity contribution in [3.8, 4) is 6.07 Å². The average molecular weight is 151 g/mol. The van der Waals surface area contributed by atoms with Gasteiger partial charge in [-0.3, -0.25) is 4.79 Å². The first-order chi connectivity index (χ1) is 5.31. The predicted octanol–water partition coefficient (Wildman–Crippen LogP) is 0.578. The second-order valence-corrected chi connectivity index (χ2v) is 1.67. The van der Waals surface area contributed by atoms with Crippen molar-refractivity contribution in [1.29, 1.82) is 5.26 Å². The van der Waals surface area contributed by atoms with Gasteiger partial charge in [-0.2, -0.15) is 10.4 Å². The van der Waals surface area contributed by atoms with Crippen molar-refractivity contribution >= 4 is 12.1 Å². The molecule has 0 heterocycles. The third-order valence-electron chi connectivity index (χ3n) is 0.782. The van der Waals surface area contributed by atoms with Crippen LogP contribution in [0.3, 0.4) is 0 Å². The van der Waals surface area contributed by atoms with Gasteiger partial charge in [-0.05, 0) is 13.0 Å². The molecule has 0 atom stereocenters. The fourth-order valence-electron chi connectivity index (χ4n) is 0.350. The molecule has 0 aliphatic rings. The lowest BCUT2D eigenvalue weighted by Crippen LogP contribution is -2.15. The van der Waals surface area contributed by atoms with Gasteiger partial charge >= 0.3 is 0 Å². The summed E-state index contributed by atoms with van der Waals surface area (Å²) in [4.78, 5) is 10.5. The molecule has 11 heavy (non-hydrogen) atoms. The van der Waals surface area contributed by atoms with Gasteiger partial charge in [0.25, 0.3) is 5.91 Å². The molecule has 0 bridgehead atoms. The molecular formula is C7H9N3O. The van der Waals surface area contributed by atoms with Crippen molar-refractivity contribution in [2.75, 3.05) is 0 Å². The van der Waals surface area contributed by atoms with Crippen LogP contribution in [0.15, 0.2) is 17.3 Å². The van der Waals surface area contributed by atoms with Crippen LogP contribution in [0.1, 0.15) is 13.3 Å². The van der Waals surface area contributed by atoms with Gasteiger partial charge in [0.1, 0.15) is 6.42 Å². The third kappa shape index (κ3) is 6.25. The molecule has 58 valence electrons. The highest BCUT2D eigenvalue weighted by atomic mass is 16.2. The van der Waals surface area contributed by atoms with Crippen LogP contribution in [0, 0.1) is 11.3 Å². The zero-order valence-corrected chi connectivity index (χ0v) is 6.24. The SMILES string of the molecule is C/C=C/C=N/NC(=O)CC#N. The lowest BCUT2D eigenvalue weighted by Gasteiger charge is -1.89. The Morgan fingerprint density at radius 3 is 3.09 bits per heavy atom. The highest BCUT2D eigenvalue weighted by Crippen LogP contribution is 1.73. The normalized spacial score (nSPS) is 10.2. The van der Waals surface area contributed by atoms with Crippen LogP contribution in [-0.4, -0.2) is 12.1 Å². The summed E-state index contributed by atoms with van der Waals surface area (Å²) < 4.78 is 0. The molecule has 0 spiro atoms. The van der Waals surface area contributed by atoms with E-state index in [1.165, 1.54) is 6.21 Å². The highest BCUT2D eigenvalue weighted by Gasteiger charge is 1.93. The number of hydrazone groups is 1. The molecule has 0 saturated heterocycles. The molecule has 0 fully saturated rings. The van der Waals surface area contributed by atoms with E-state index in [1.54, 1.807) is 18.2 Å². The number of hydrogen-bond donors (Lipinski definition) is 1. The monoisotopic (exact) mass is 151 g/mol. The van der Waals surface area contributed by atoms with Gasteiger partial charge in [0.05, 0.1) is 6.07 Å². The number of allylic oxidation sites excluding steroid dienone is 2. The van der Waals surface area contributed by atoms with Gasteiger partial charge in [0.2, 0.25) is 0 Å². The minimum Gasteiger partial charge on any atom is -0.272 e. The van der Waals surface area contributed by atoms with Crippen molar-refractivity contribution in [2.45, 2.75) is 13.3 Å². The first kappa shape index (κ1) is 9.37. The number of nitriles is 1. The molecule has 4 heteroatoms. The standard InChI is InChI=1S/C7H9N3O/c1-2-3-6-9-10-7(11)4-5-8/h2-3,6H,4H2,1H3,(H,10,11)/b3-2+,9-6+. The minimum absolute atomic E-state index is 0.160. The Morgan fingerprint density at radius 1 is 1.82 bits per heavy atom. The molecular weight excluding hydrogens is 142 g/mol. The molecule has 0 aromatic heterocycles. The van der Waals surface area contributed by atoms with E-state index < -0.39 is 5.91 Å². The van der Waals surface area contributed by atoms with E-state index in [1.807, 2.05) is 6.92 Å². The molecule has 0 aliphatic carbocycles. The Morgan fingerprint density at radius 2 is 2.55 bits per heavy atom. The van der Waals surface area contributed by atoms with Crippen LogP contribution < -0.4 is 5.43 Å². The van der Waals surface area contributed by atoms with E-state index in [9.17, 15) is 4.79 Å². The number of nitrogens with zero attached hydrogens (tertiary/aromatic N) is 2. The molecule has 1 N–H and O–H groups in total. The van der Waals surface area contributed by atoms with Crippen molar-refractivity contribution in [3.05, 3.63) is 12.2 Å². The molecule has 0 unspecified atom stereocenters. The Kier molecular flexibility index (Phi) is 5.53. The third-order valence-corrected chi connectivity index (χ3v) is 0.782. The Bertz CT molecular complexity index is 212. The van der Waals surface area contributed by atoms with E-state index in [0.717, 1.165) is 0 Å². The molecule has 0 aromatic rings. The lowest BCUT2D eigenvalue weighted by molar-refractivity contribution is -0.120. The number of hydrogen-bond acceptors (Lipinski definition) is 3. The minimum atomic E-state index is -0.395. The van der Waals surface area contributed by atoms with Gasteiger partial charge in [-0.15, -0.1) is 0 Å². The zero-order chi connectivity index (χ0) is 8.53. The van der Waals surface area contributed by atoms with Crippen LogP contribution in [-0.2, 0) is 4.79 Å². The zero-order valence-electron chi connectivity index (χ0n) is 6.24.